The molecule has 0 spiro atoms. The predicted molar refractivity (Wildman–Crippen MR) is 87.7 cm³/mol. The average molecular weight is 374 g/mol. The monoisotopic (exact) mass is 372 g/mol. The molecule has 0 aromatic heterocycles. The van der Waals surface area contributed by atoms with Crippen molar-refractivity contribution in [2.75, 3.05) is 17.2 Å². The number of halogens is 3. The van der Waals surface area contributed by atoms with E-state index < -0.39 is 0 Å². The highest BCUT2D eigenvalue weighted by Gasteiger charge is 2.04. The van der Waals surface area contributed by atoms with Gasteiger partial charge in [-0.05, 0) is 52.3 Å². The maximum Gasteiger partial charge on any atom is 0.243 e. The second-order valence-corrected chi connectivity index (χ2v) is 5.74. The molecular formula is C14H11BrCl2N2O. The lowest BCUT2D eigenvalue weighted by atomic mass is 10.3. The highest BCUT2D eigenvalue weighted by atomic mass is 79.9. The molecule has 3 nitrogen and oxygen atoms in total. The van der Waals surface area contributed by atoms with Crippen molar-refractivity contribution in [1.82, 2.24) is 0 Å². The van der Waals surface area contributed by atoms with Crippen LogP contribution in [0.2, 0.25) is 10.0 Å². The van der Waals surface area contributed by atoms with Crippen LogP contribution in [-0.4, -0.2) is 12.5 Å². The second kappa shape index (κ2) is 6.97. The highest BCUT2D eigenvalue weighted by molar-refractivity contribution is 9.10. The van der Waals surface area contributed by atoms with Gasteiger partial charge in [0.05, 0.1) is 11.6 Å². The zero-order valence-corrected chi connectivity index (χ0v) is 13.4. The van der Waals surface area contributed by atoms with Crippen molar-refractivity contribution in [3.63, 3.8) is 0 Å². The van der Waals surface area contributed by atoms with Gasteiger partial charge in [-0.15, -0.1) is 0 Å². The smallest absolute Gasteiger partial charge is 0.243 e. The molecule has 0 saturated carbocycles. The Labute approximate surface area is 135 Å². The van der Waals surface area contributed by atoms with Gasteiger partial charge >= 0.3 is 0 Å². The topological polar surface area (TPSA) is 41.1 Å². The number of hydrogen-bond donors (Lipinski definition) is 2. The van der Waals surface area contributed by atoms with Crippen molar-refractivity contribution in [3.8, 4) is 0 Å². The fourth-order valence-corrected chi connectivity index (χ4v) is 2.18. The van der Waals surface area contributed by atoms with Gasteiger partial charge in [-0.2, -0.15) is 0 Å². The Hall–Kier alpha value is -1.23. The fourth-order valence-electron chi connectivity index (χ4n) is 1.56. The zero-order chi connectivity index (χ0) is 14.5. The number of nitrogens with one attached hydrogen (secondary N) is 2. The summed E-state index contributed by atoms with van der Waals surface area (Å²) in [7, 11) is 0. The number of benzene rings is 2. The van der Waals surface area contributed by atoms with Gasteiger partial charge in [0, 0.05) is 20.9 Å². The minimum absolute atomic E-state index is 0.143. The van der Waals surface area contributed by atoms with Gasteiger partial charge in [0.25, 0.3) is 0 Å². The van der Waals surface area contributed by atoms with Crippen LogP contribution >= 0.6 is 39.1 Å². The molecule has 104 valence electrons. The minimum atomic E-state index is -0.161. The van der Waals surface area contributed by atoms with E-state index in [1.54, 1.807) is 30.3 Å². The first-order valence-electron chi connectivity index (χ1n) is 5.79. The fraction of sp³-hybridized carbons (Fsp3) is 0.0714. The molecule has 20 heavy (non-hydrogen) atoms. The molecule has 0 heterocycles. The Bertz CT molecular complexity index is 634. The zero-order valence-electron chi connectivity index (χ0n) is 10.3. The van der Waals surface area contributed by atoms with E-state index in [9.17, 15) is 4.79 Å². The maximum atomic E-state index is 11.8. The van der Waals surface area contributed by atoms with Crippen molar-refractivity contribution in [1.29, 1.82) is 0 Å². The summed E-state index contributed by atoms with van der Waals surface area (Å²) in [5, 5.41) is 6.92. The van der Waals surface area contributed by atoms with Crippen molar-refractivity contribution in [3.05, 3.63) is 57.0 Å². The number of anilines is 2. The van der Waals surface area contributed by atoms with Crippen LogP contribution in [0.5, 0.6) is 0 Å². The van der Waals surface area contributed by atoms with E-state index in [0.717, 1.165) is 10.2 Å². The van der Waals surface area contributed by atoms with Crippen LogP contribution in [0, 0.1) is 0 Å². The van der Waals surface area contributed by atoms with Gasteiger partial charge in [-0.3, -0.25) is 4.79 Å². The molecular weight excluding hydrogens is 363 g/mol. The van der Waals surface area contributed by atoms with E-state index in [4.69, 9.17) is 23.2 Å². The quantitative estimate of drug-likeness (QED) is 0.807. The van der Waals surface area contributed by atoms with Gasteiger partial charge in [-0.1, -0.05) is 29.3 Å². The molecule has 2 aromatic rings. The van der Waals surface area contributed by atoms with Gasteiger partial charge in [0.2, 0.25) is 5.91 Å². The lowest BCUT2D eigenvalue weighted by Crippen LogP contribution is -2.21. The first-order chi connectivity index (χ1) is 9.54. The number of carbonyl (C=O) groups excluding carboxylic acids is 1. The summed E-state index contributed by atoms with van der Waals surface area (Å²) in [4.78, 5) is 11.8. The van der Waals surface area contributed by atoms with E-state index >= 15 is 0 Å². The van der Waals surface area contributed by atoms with Gasteiger partial charge < -0.3 is 10.6 Å². The molecule has 0 aliphatic heterocycles. The highest BCUT2D eigenvalue weighted by Crippen LogP contribution is 2.25. The lowest BCUT2D eigenvalue weighted by molar-refractivity contribution is -0.114. The first-order valence-corrected chi connectivity index (χ1v) is 7.34. The van der Waals surface area contributed by atoms with E-state index in [-0.39, 0.29) is 12.5 Å². The standard InChI is InChI=1S/C14H11BrCl2N2O/c15-12-5-4-10(7-13(12)17)18-8-14(20)19-11-3-1-2-9(16)6-11/h1-7,18H,8H2,(H,19,20). The van der Waals surface area contributed by atoms with E-state index in [1.165, 1.54) is 0 Å². The first kappa shape index (κ1) is 15.2. The Morgan fingerprint density at radius 2 is 1.90 bits per heavy atom. The Kier molecular flexibility index (Phi) is 5.29. The summed E-state index contributed by atoms with van der Waals surface area (Å²) >= 11 is 15.1. The molecule has 2 rings (SSSR count). The molecule has 0 saturated heterocycles. The number of amides is 1. The van der Waals surface area contributed by atoms with E-state index in [1.807, 2.05) is 12.1 Å². The minimum Gasteiger partial charge on any atom is -0.376 e. The van der Waals surface area contributed by atoms with Crippen molar-refractivity contribution in [2.45, 2.75) is 0 Å². The van der Waals surface area contributed by atoms with Crippen LogP contribution in [0.1, 0.15) is 0 Å². The van der Waals surface area contributed by atoms with Crippen molar-refractivity contribution >= 4 is 56.4 Å². The van der Waals surface area contributed by atoms with Crippen LogP contribution in [-0.2, 0) is 4.79 Å². The number of rotatable bonds is 4. The maximum absolute atomic E-state index is 11.8. The summed E-state index contributed by atoms with van der Waals surface area (Å²) in [6, 6.07) is 12.4. The third kappa shape index (κ3) is 4.40. The summed E-state index contributed by atoms with van der Waals surface area (Å²) in [6.07, 6.45) is 0. The van der Waals surface area contributed by atoms with Crippen molar-refractivity contribution in [2.24, 2.45) is 0 Å². The molecule has 0 radical (unpaired) electrons. The molecule has 6 heteroatoms. The molecule has 0 aliphatic carbocycles. The molecule has 2 aromatic carbocycles. The molecule has 0 aliphatic rings. The van der Waals surface area contributed by atoms with Crippen LogP contribution in [0.3, 0.4) is 0 Å². The van der Waals surface area contributed by atoms with Gasteiger partial charge in [-0.25, -0.2) is 0 Å². The summed E-state index contributed by atoms with van der Waals surface area (Å²) < 4.78 is 0.813. The molecule has 0 unspecified atom stereocenters. The Morgan fingerprint density at radius 3 is 2.60 bits per heavy atom. The molecule has 0 atom stereocenters. The van der Waals surface area contributed by atoms with E-state index in [2.05, 4.69) is 26.6 Å². The lowest BCUT2D eigenvalue weighted by Gasteiger charge is -2.08. The SMILES string of the molecule is O=C(CNc1ccc(Br)c(Cl)c1)Nc1cccc(Cl)c1. The predicted octanol–water partition coefficient (Wildman–Crippen LogP) is 4.81. The van der Waals surface area contributed by atoms with Gasteiger partial charge in [0.1, 0.15) is 0 Å². The van der Waals surface area contributed by atoms with Crippen LogP contribution in [0.25, 0.3) is 0 Å². The molecule has 1 amide bonds. The van der Waals surface area contributed by atoms with Crippen LogP contribution in [0.15, 0.2) is 46.9 Å². The molecule has 0 fully saturated rings. The number of hydrogen-bond acceptors (Lipinski definition) is 2. The molecule has 2 N–H and O–H groups in total. The third-order valence-corrected chi connectivity index (χ3v) is 3.95. The summed E-state index contributed by atoms with van der Waals surface area (Å²) in [6.45, 7) is 0.143. The summed E-state index contributed by atoms with van der Waals surface area (Å²) in [5.41, 5.74) is 1.44. The Balaban J connectivity index is 1.90. The largest absolute Gasteiger partial charge is 0.376 e. The molecule has 0 bridgehead atoms. The second-order valence-electron chi connectivity index (χ2n) is 4.04. The van der Waals surface area contributed by atoms with Crippen LogP contribution < -0.4 is 10.6 Å². The normalized spacial score (nSPS) is 10.2. The van der Waals surface area contributed by atoms with Crippen molar-refractivity contribution < 1.29 is 4.79 Å². The summed E-state index contributed by atoms with van der Waals surface area (Å²) in [5.74, 6) is -0.161. The average Bonchev–Trinajstić information content (AvgIpc) is 2.40. The third-order valence-electron chi connectivity index (χ3n) is 2.48. The Morgan fingerprint density at radius 1 is 1.10 bits per heavy atom. The van der Waals surface area contributed by atoms with Crippen LogP contribution in [0.4, 0.5) is 11.4 Å². The number of carbonyl (C=O) groups is 1. The van der Waals surface area contributed by atoms with Gasteiger partial charge in [0.15, 0.2) is 0 Å². The van der Waals surface area contributed by atoms with E-state index in [0.29, 0.717) is 15.7 Å².